The lowest BCUT2D eigenvalue weighted by Crippen LogP contribution is -2.09. The lowest BCUT2D eigenvalue weighted by atomic mass is 10.1. The van der Waals surface area contributed by atoms with Gasteiger partial charge in [-0.25, -0.2) is 4.79 Å². The molecule has 0 aliphatic rings. The van der Waals surface area contributed by atoms with Gasteiger partial charge in [0.1, 0.15) is 6.61 Å². The standard InChI is InChI=1S/C20H22Cl2O5/c1-4-24-17-10-14(11-18(25-5-2)19(17)26-6-3)20(23)27-12-13-7-8-15(21)16(22)9-13/h7-11H,4-6,12H2,1-3H3. The quantitative estimate of drug-likeness (QED) is 0.505. The van der Waals surface area contributed by atoms with Crippen LogP contribution in [0.5, 0.6) is 17.2 Å². The molecule has 0 heterocycles. The summed E-state index contributed by atoms with van der Waals surface area (Å²) >= 11 is 11.9. The van der Waals surface area contributed by atoms with Crippen LogP contribution in [0.3, 0.4) is 0 Å². The maximum absolute atomic E-state index is 12.5. The van der Waals surface area contributed by atoms with Crippen molar-refractivity contribution in [2.24, 2.45) is 0 Å². The van der Waals surface area contributed by atoms with Crippen LogP contribution in [0.25, 0.3) is 0 Å². The summed E-state index contributed by atoms with van der Waals surface area (Å²) in [6.45, 7) is 6.93. The second-order valence-electron chi connectivity index (χ2n) is 5.43. The van der Waals surface area contributed by atoms with Gasteiger partial charge in [0, 0.05) is 0 Å². The monoisotopic (exact) mass is 412 g/mol. The maximum Gasteiger partial charge on any atom is 0.338 e. The average molecular weight is 413 g/mol. The number of hydrogen-bond donors (Lipinski definition) is 0. The Hall–Kier alpha value is -2.11. The van der Waals surface area contributed by atoms with Crippen LogP contribution in [-0.2, 0) is 11.3 Å². The molecular weight excluding hydrogens is 391 g/mol. The van der Waals surface area contributed by atoms with Crippen molar-refractivity contribution in [3.63, 3.8) is 0 Å². The number of hydrogen-bond acceptors (Lipinski definition) is 5. The number of benzene rings is 2. The molecular formula is C20H22Cl2O5. The summed E-state index contributed by atoms with van der Waals surface area (Å²) in [6, 6.07) is 8.25. The Morgan fingerprint density at radius 3 is 1.96 bits per heavy atom. The Bertz CT molecular complexity index is 765. The minimum absolute atomic E-state index is 0.0663. The molecule has 5 nitrogen and oxygen atoms in total. The van der Waals surface area contributed by atoms with E-state index in [1.165, 1.54) is 0 Å². The molecule has 0 amide bonds. The lowest BCUT2D eigenvalue weighted by molar-refractivity contribution is 0.0471. The first-order valence-corrected chi connectivity index (χ1v) is 9.43. The normalized spacial score (nSPS) is 10.4. The number of ether oxygens (including phenoxy) is 4. The first kappa shape index (κ1) is 21.2. The van der Waals surface area contributed by atoms with Crippen molar-refractivity contribution in [3.05, 3.63) is 51.5 Å². The molecule has 0 saturated carbocycles. The Morgan fingerprint density at radius 2 is 1.44 bits per heavy atom. The second-order valence-corrected chi connectivity index (χ2v) is 6.24. The molecule has 2 aromatic carbocycles. The fourth-order valence-electron chi connectivity index (χ4n) is 2.37. The third-order valence-corrected chi connectivity index (χ3v) is 4.24. The second kappa shape index (κ2) is 10.3. The van der Waals surface area contributed by atoms with Crippen LogP contribution in [0.4, 0.5) is 0 Å². The molecule has 0 fully saturated rings. The number of rotatable bonds is 9. The fraction of sp³-hybridized carbons (Fsp3) is 0.350. The Labute approximate surface area is 169 Å². The molecule has 7 heteroatoms. The third kappa shape index (κ3) is 5.68. The van der Waals surface area contributed by atoms with E-state index in [4.69, 9.17) is 42.1 Å². The van der Waals surface area contributed by atoms with Gasteiger partial charge in [0.15, 0.2) is 11.5 Å². The van der Waals surface area contributed by atoms with Crippen LogP contribution in [0.1, 0.15) is 36.7 Å². The Balaban J connectivity index is 2.24. The van der Waals surface area contributed by atoms with Crippen LogP contribution >= 0.6 is 23.2 Å². The van der Waals surface area contributed by atoms with Crippen molar-refractivity contribution in [3.8, 4) is 17.2 Å². The predicted octanol–water partition coefficient (Wildman–Crippen LogP) is 5.55. The minimum atomic E-state index is -0.508. The topological polar surface area (TPSA) is 54.0 Å². The average Bonchev–Trinajstić information content (AvgIpc) is 2.65. The summed E-state index contributed by atoms with van der Waals surface area (Å²) in [7, 11) is 0. The molecule has 0 spiro atoms. The van der Waals surface area contributed by atoms with Crippen LogP contribution in [-0.4, -0.2) is 25.8 Å². The van der Waals surface area contributed by atoms with E-state index in [0.717, 1.165) is 5.56 Å². The highest BCUT2D eigenvalue weighted by molar-refractivity contribution is 6.42. The van der Waals surface area contributed by atoms with Gasteiger partial charge in [-0.1, -0.05) is 29.3 Å². The zero-order chi connectivity index (χ0) is 19.8. The van der Waals surface area contributed by atoms with Gasteiger partial charge in [-0.05, 0) is 50.6 Å². The van der Waals surface area contributed by atoms with Gasteiger partial charge in [0.25, 0.3) is 0 Å². The van der Waals surface area contributed by atoms with Gasteiger partial charge in [-0.2, -0.15) is 0 Å². The fourth-order valence-corrected chi connectivity index (χ4v) is 2.69. The van der Waals surface area contributed by atoms with Crippen LogP contribution in [0.15, 0.2) is 30.3 Å². The van der Waals surface area contributed by atoms with E-state index in [2.05, 4.69) is 0 Å². The molecule has 146 valence electrons. The summed E-state index contributed by atoms with van der Waals surface area (Å²) in [5.74, 6) is 0.840. The molecule has 0 aromatic heterocycles. The lowest BCUT2D eigenvalue weighted by Gasteiger charge is -2.17. The van der Waals surface area contributed by atoms with E-state index >= 15 is 0 Å². The first-order chi connectivity index (χ1) is 13.0. The molecule has 2 aromatic rings. The van der Waals surface area contributed by atoms with E-state index in [0.29, 0.717) is 52.7 Å². The zero-order valence-electron chi connectivity index (χ0n) is 15.5. The predicted molar refractivity (Wildman–Crippen MR) is 106 cm³/mol. The molecule has 0 atom stereocenters. The van der Waals surface area contributed by atoms with E-state index in [1.54, 1.807) is 30.3 Å². The highest BCUT2D eigenvalue weighted by Crippen LogP contribution is 2.39. The van der Waals surface area contributed by atoms with Gasteiger partial charge in [-0.15, -0.1) is 0 Å². The first-order valence-electron chi connectivity index (χ1n) is 8.67. The van der Waals surface area contributed by atoms with E-state index in [9.17, 15) is 4.79 Å². The molecule has 0 radical (unpaired) electrons. The molecule has 27 heavy (non-hydrogen) atoms. The SMILES string of the molecule is CCOc1cc(C(=O)OCc2ccc(Cl)c(Cl)c2)cc(OCC)c1OCC. The molecule has 0 aliphatic heterocycles. The van der Waals surface area contributed by atoms with Gasteiger partial charge < -0.3 is 18.9 Å². The largest absolute Gasteiger partial charge is 0.490 e. The van der Waals surface area contributed by atoms with Crippen LogP contribution in [0.2, 0.25) is 10.0 Å². The summed E-state index contributed by atoms with van der Waals surface area (Å²) in [5, 5.41) is 0.851. The van der Waals surface area contributed by atoms with Gasteiger partial charge >= 0.3 is 5.97 Å². The Morgan fingerprint density at radius 1 is 0.852 bits per heavy atom. The van der Waals surface area contributed by atoms with Crippen LogP contribution < -0.4 is 14.2 Å². The molecule has 0 unspecified atom stereocenters. The van der Waals surface area contributed by atoms with E-state index < -0.39 is 5.97 Å². The molecule has 2 rings (SSSR count). The van der Waals surface area contributed by atoms with Gasteiger partial charge in [0.2, 0.25) is 5.75 Å². The zero-order valence-corrected chi connectivity index (χ0v) is 17.0. The number of halogens is 2. The van der Waals surface area contributed by atoms with E-state index in [1.807, 2.05) is 20.8 Å². The highest BCUT2D eigenvalue weighted by Gasteiger charge is 2.19. The minimum Gasteiger partial charge on any atom is -0.490 e. The molecule has 0 bridgehead atoms. The summed E-state index contributed by atoms with van der Waals surface area (Å²) in [5.41, 5.74) is 1.05. The van der Waals surface area contributed by atoms with Gasteiger partial charge in [-0.3, -0.25) is 0 Å². The maximum atomic E-state index is 12.5. The number of carbonyl (C=O) groups excluding carboxylic acids is 1. The summed E-state index contributed by atoms with van der Waals surface area (Å²) < 4.78 is 22.2. The van der Waals surface area contributed by atoms with Gasteiger partial charge in [0.05, 0.1) is 35.4 Å². The smallest absolute Gasteiger partial charge is 0.338 e. The molecule has 0 aliphatic carbocycles. The Kier molecular flexibility index (Phi) is 8.07. The van der Waals surface area contributed by atoms with Crippen molar-refractivity contribution >= 4 is 29.2 Å². The number of esters is 1. The van der Waals surface area contributed by atoms with Crippen LogP contribution in [0, 0.1) is 0 Å². The van der Waals surface area contributed by atoms with E-state index in [-0.39, 0.29) is 6.61 Å². The van der Waals surface area contributed by atoms with Crippen molar-refractivity contribution in [2.75, 3.05) is 19.8 Å². The summed E-state index contributed by atoms with van der Waals surface area (Å²) in [4.78, 5) is 12.5. The number of carbonyl (C=O) groups is 1. The van der Waals surface area contributed by atoms with Crippen molar-refractivity contribution in [1.29, 1.82) is 0 Å². The third-order valence-electron chi connectivity index (χ3n) is 3.50. The van der Waals surface area contributed by atoms with Crippen molar-refractivity contribution in [2.45, 2.75) is 27.4 Å². The van der Waals surface area contributed by atoms with Crippen molar-refractivity contribution in [1.82, 2.24) is 0 Å². The summed E-state index contributed by atoms with van der Waals surface area (Å²) in [6.07, 6.45) is 0. The highest BCUT2D eigenvalue weighted by atomic mass is 35.5. The van der Waals surface area contributed by atoms with Crippen molar-refractivity contribution < 1.29 is 23.7 Å². The molecule has 0 N–H and O–H groups in total. The molecule has 0 saturated heterocycles.